The van der Waals surface area contributed by atoms with Gasteiger partial charge in [-0.25, -0.2) is 4.39 Å². The van der Waals surface area contributed by atoms with Crippen LogP contribution in [0.5, 0.6) is 0 Å². The first-order chi connectivity index (χ1) is 10.6. The highest BCUT2D eigenvalue weighted by molar-refractivity contribution is 5.90. The molecule has 3 rings (SSSR count). The van der Waals surface area contributed by atoms with Crippen molar-refractivity contribution in [3.63, 3.8) is 0 Å². The van der Waals surface area contributed by atoms with Crippen LogP contribution in [0.4, 0.5) is 4.39 Å². The largest absolute Gasteiger partial charge is 0.356 e. The van der Waals surface area contributed by atoms with Gasteiger partial charge < -0.3 is 15.2 Å². The molecule has 2 aromatic rings. The number of nitrogens with one attached hydrogen (secondary N) is 2. The zero-order valence-corrected chi connectivity index (χ0v) is 11.6. The molecule has 1 saturated heterocycles. The smallest absolute Gasteiger partial charge is 0.242 e. The average Bonchev–Trinajstić information content (AvgIpc) is 3.15. The summed E-state index contributed by atoms with van der Waals surface area (Å²) in [7, 11) is 0. The van der Waals surface area contributed by atoms with Crippen LogP contribution in [0.1, 0.15) is 18.5 Å². The number of rotatable bonds is 4. The minimum Gasteiger partial charge on any atom is -0.356 e. The van der Waals surface area contributed by atoms with Gasteiger partial charge in [-0.2, -0.15) is 0 Å². The Morgan fingerprint density at radius 3 is 2.86 bits per heavy atom. The maximum absolute atomic E-state index is 12.9. The van der Waals surface area contributed by atoms with E-state index in [1.165, 1.54) is 12.1 Å². The van der Waals surface area contributed by atoms with E-state index in [-0.39, 0.29) is 24.2 Å². The van der Waals surface area contributed by atoms with Crippen LogP contribution in [0.2, 0.25) is 0 Å². The molecule has 0 spiro atoms. The van der Waals surface area contributed by atoms with Crippen molar-refractivity contribution in [2.24, 2.45) is 0 Å². The Labute approximate surface area is 125 Å². The molecule has 1 atom stereocenters. The summed E-state index contributed by atoms with van der Waals surface area (Å²) in [5.41, 5.74) is 1.26. The van der Waals surface area contributed by atoms with E-state index in [4.69, 9.17) is 4.52 Å². The molecule has 22 heavy (non-hydrogen) atoms. The molecule has 1 aliphatic heterocycles. The molecular formula is C15H14FN3O3. The molecule has 1 fully saturated rings. The number of carbonyl (C=O) groups excluding carboxylic acids is 2. The Hall–Kier alpha value is -2.70. The Bertz CT molecular complexity index is 696. The zero-order valence-electron chi connectivity index (χ0n) is 11.6. The highest BCUT2D eigenvalue weighted by atomic mass is 19.1. The predicted molar refractivity (Wildman–Crippen MR) is 74.9 cm³/mol. The molecule has 6 nitrogen and oxygen atoms in total. The second-order valence-electron chi connectivity index (χ2n) is 5.07. The summed E-state index contributed by atoms with van der Waals surface area (Å²) >= 11 is 0. The fourth-order valence-electron chi connectivity index (χ4n) is 2.26. The summed E-state index contributed by atoms with van der Waals surface area (Å²) in [6.45, 7) is 0.204. The fourth-order valence-corrected chi connectivity index (χ4v) is 2.26. The van der Waals surface area contributed by atoms with Crippen LogP contribution in [0.3, 0.4) is 0 Å². The van der Waals surface area contributed by atoms with Gasteiger partial charge >= 0.3 is 0 Å². The van der Waals surface area contributed by atoms with Crippen LogP contribution in [-0.2, 0) is 16.1 Å². The summed E-state index contributed by atoms with van der Waals surface area (Å²) in [5.74, 6) is -0.176. The van der Waals surface area contributed by atoms with Crippen molar-refractivity contribution >= 4 is 11.8 Å². The molecule has 114 valence electrons. The van der Waals surface area contributed by atoms with Crippen molar-refractivity contribution in [2.45, 2.75) is 25.4 Å². The number of carbonyl (C=O) groups is 2. The Morgan fingerprint density at radius 2 is 2.18 bits per heavy atom. The van der Waals surface area contributed by atoms with Crippen LogP contribution in [0.15, 0.2) is 34.9 Å². The maximum atomic E-state index is 12.9. The third-order valence-electron chi connectivity index (χ3n) is 3.44. The third-order valence-corrected chi connectivity index (χ3v) is 3.44. The molecule has 1 aromatic heterocycles. The summed E-state index contributed by atoms with van der Waals surface area (Å²) in [6, 6.07) is 7.06. The summed E-state index contributed by atoms with van der Waals surface area (Å²) in [6.07, 6.45) is 0.876. The van der Waals surface area contributed by atoms with Gasteiger partial charge in [0.2, 0.25) is 11.8 Å². The second kappa shape index (κ2) is 5.97. The molecule has 1 aliphatic rings. The van der Waals surface area contributed by atoms with Gasteiger partial charge in [0, 0.05) is 18.1 Å². The van der Waals surface area contributed by atoms with E-state index in [0.29, 0.717) is 29.9 Å². The minimum atomic E-state index is -0.476. The van der Waals surface area contributed by atoms with E-state index >= 15 is 0 Å². The molecule has 2 heterocycles. The molecule has 7 heteroatoms. The fraction of sp³-hybridized carbons (Fsp3) is 0.267. The van der Waals surface area contributed by atoms with Crippen LogP contribution >= 0.6 is 0 Å². The molecule has 2 amide bonds. The molecule has 2 N–H and O–H groups in total. The molecule has 0 unspecified atom stereocenters. The quantitative estimate of drug-likeness (QED) is 0.893. The number of hydrogen-bond acceptors (Lipinski definition) is 4. The first-order valence-corrected chi connectivity index (χ1v) is 6.90. The van der Waals surface area contributed by atoms with Gasteiger partial charge in [0.1, 0.15) is 17.6 Å². The molecule has 0 bridgehead atoms. The number of halogens is 1. The number of hydrogen-bond donors (Lipinski definition) is 2. The first-order valence-electron chi connectivity index (χ1n) is 6.90. The highest BCUT2D eigenvalue weighted by Gasteiger charge is 2.26. The van der Waals surface area contributed by atoms with Gasteiger partial charge in [0.05, 0.1) is 6.54 Å². The van der Waals surface area contributed by atoms with E-state index < -0.39 is 6.04 Å². The minimum absolute atomic E-state index is 0.111. The maximum Gasteiger partial charge on any atom is 0.242 e. The summed E-state index contributed by atoms with van der Waals surface area (Å²) < 4.78 is 18.0. The lowest BCUT2D eigenvalue weighted by Crippen LogP contribution is -2.41. The predicted octanol–water partition coefficient (Wildman–Crippen LogP) is 1.38. The van der Waals surface area contributed by atoms with Crippen molar-refractivity contribution in [1.82, 2.24) is 15.8 Å². The van der Waals surface area contributed by atoms with Gasteiger partial charge in [-0.3, -0.25) is 9.59 Å². The van der Waals surface area contributed by atoms with E-state index in [9.17, 15) is 14.0 Å². The number of aromatic nitrogens is 1. The number of nitrogens with zero attached hydrogens (tertiary/aromatic N) is 1. The van der Waals surface area contributed by atoms with E-state index in [2.05, 4.69) is 15.8 Å². The third kappa shape index (κ3) is 3.13. The second-order valence-corrected chi connectivity index (χ2v) is 5.07. The van der Waals surface area contributed by atoms with Crippen LogP contribution in [0, 0.1) is 5.82 Å². The average molecular weight is 303 g/mol. The van der Waals surface area contributed by atoms with E-state index in [1.54, 1.807) is 18.2 Å². The first kappa shape index (κ1) is 14.2. The molecule has 0 saturated carbocycles. The number of amides is 2. The Balaban J connectivity index is 1.59. The molecule has 0 aliphatic carbocycles. The zero-order chi connectivity index (χ0) is 15.5. The molecule has 0 radical (unpaired) electrons. The van der Waals surface area contributed by atoms with Crippen molar-refractivity contribution in [3.05, 3.63) is 41.8 Å². The molecular weight excluding hydrogens is 289 g/mol. The van der Waals surface area contributed by atoms with Crippen LogP contribution < -0.4 is 10.6 Å². The van der Waals surface area contributed by atoms with Gasteiger partial charge in [-0.1, -0.05) is 5.16 Å². The lowest BCUT2D eigenvalue weighted by Gasteiger charge is -2.09. The van der Waals surface area contributed by atoms with Crippen LogP contribution in [0.25, 0.3) is 11.3 Å². The van der Waals surface area contributed by atoms with E-state index in [0.717, 1.165) is 0 Å². The topological polar surface area (TPSA) is 84.2 Å². The van der Waals surface area contributed by atoms with Gasteiger partial charge in [0.15, 0.2) is 5.76 Å². The van der Waals surface area contributed by atoms with E-state index in [1.807, 2.05) is 0 Å². The normalized spacial score (nSPS) is 17.3. The summed E-state index contributed by atoms with van der Waals surface area (Å²) in [4.78, 5) is 22.9. The Kier molecular flexibility index (Phi) is 3.86. The highest BCUT2D eigenvalue weighted by Crippen LogP contribution is 2.20. The van der Waals surface area contributed by atoms with Gasteiger partial charge in [0.25, 0.3) is 0 Å². The Morgan fingerprint density at radius 1 is 1.41 bits per heavy atom. The lowest BCUT2D eigenvalue weighted by molar-refractivity contribution is -0.125. The molecule has 1 aromatic carbocycles. The van der Waals surface area contributed by atoms with Crippen LogP contribution in [-0.4, -0.2) is 23.0 Å². The van der Waals surface area contributed by atoms with Crippen molar-refractivity contribution < 1.29 is 18.5 Å². The number of benzene rings is 1. The lowest BCUT2D eigenvalue weighted by atomic mass is 10.1. The van der Waals surface area contributed by atoms with Crippen molar-refractivity contribution in [2.75, 3.05) is 0 Å². The van der Waals surface area contributed by atoms with Gasteiger partial charge in [-0.05, 0) is 30.7 Å². The SMILES string of the molecule is O=C1CC[C@H](C(=O)NCc2cc(-c3ccc(F)cc3)on2)N1. The summed E-state index contributed by atoms with van der Waals surface area (Å²) in [5, 5.41) is 9.15. The van der Waals surface area contributed by atoms with Crippen molar-refractivity contribution in [3.8, 4) is 11.3 Å². The van der Waals surface area contributed by atoms with Crippen molar-refractivity contribution in [1.29, 1.82) is 0 Å². The monoisotopic (exact) mass is 303 g/mol. The standard InChI is InChI=1S/C15H14FN3O3/c16-10-3-1-9(2-4-10)13-7-11(19-22-13)8-17-15(21)12-5-6-14(20)18-12/h1-4,7,12H,5-6,8H2,(H,17,21)(H,18,20)/t12-/m1/s1. The van der Waals surface area contributed by atoms with Gasteiger partial charge in [-0.15, -0.1) is 0 Å².